The molecule has 23 heavy (non-hydrogen) atoms. The van der Waals surface area contributed by atoms with Crippen LogP contribution in [0.5, 0.6) is 0 Å². The Bertz CT molecular complexity index is 833. The number of aliphatic imine (C=N–C) groups is 1. The number of carbonyl (C=O) groups is 1. The molecular formula is C15H11ClFN3O2S. The van der Waals surface area contributed by atoms with Crippen LogP contribution in [0, 0.1) is 5.82 Å². The second kappa shape index (κ2) is 6.10. The maximum atomic E-state index is 13.3. The number of carboxylic acid groups (broad SMARTS) is 1. The molecule has 1 aliphatic rings. The zero-order valence-electron chi connectivity index (χ0n) is 11.9. The summed E-state index contributed by atoms with van der Waals surface area (Å²) in [5.41, 5.74) is 3.21. The highest BCUT2D eigenvalue weighted by Crippen LogP contribution is 2.35. The number of aliphatic carboxylic acids is 1. The molecular weight excluding hydrogens is 341 g/mol. The van der Waals surface area contributed by atoms with Crippen LogP contribution in [-0.4, -0.2) is 21.9 Å². The summed E-state index contributed by atoms with van der Waals surface area (Å²) >= 11 is 7.50. The largest absolute Gasteiger partial charge is 0.478 e. The lowest BCUT2D eigenvalue weighted by molar-refractivity contribution is -0.133. The Balaban J connectivity index is 2.14. The van der Waals surface area contributed by atoms with Gasteiger partial charge in [0.05, 0.1) is 11.1 Å². The van der Waals surface area contributed by atoms with Crippen LogP contribution in [0.15, 0.2) is 45.4 Å². The number of allylic oxidation sites excluding steroid dienone is 1. The first kappa shape index (κ1) is 15.6. The summed E-state index contributed by atoms with van der Waals surface area (Å²) in [5, 5.41) is 14.4. The molecule has 1 aromatic heterocycles. The van der Waals surface area contributed by atoms with E-state index in [1.165, 1.54) is 23.5 Å². The fraction of sp³-hybridized carbons (Fsp3) is 0.133. The SMILES string of the molecule is CC1=C(C(=O)O)C(c2ccc(F)cc2Cl)N=C(c2cscn2)N1. The standard InChI is InChI=1S/C15H11ClFN3O2S/c1-7-12(15(21)22)13(9-3-2-8(17)4-10(9)16)20-14(19-7)11-5-23-6-18-11/h2-6,13H,1H3,(H,19,20)(H,21,22). The van der Waals surface area contributed by atoms with E-state index in [1.54, 1.807) is 17.8 Å². The molecule has 0 spiro atoms. The Kier molecular flexibility index (Phi) is 4.14. The fourth-order valence-electron chi connectivity index (χ4n) is 2.36. The van der Waals surface area contributed by atoms with Gasteiger partial charge in [-0.1, -0.05) is 17.7 Å². The van der Waals surface area contributed by atoms with Crippen molar-refractivity contribution in [3.63, 3.8) is 0 Å². The molecule has 0 radical (unpaired) electrons. The van der Waals surface area contributed by atoms with Gasteiger partial charge in [-0.2, -0.15) is 0 Å². The monoisotopic (exact) mass is 351 g/mol. The van der Waals surface area contributed by atoms with Crippen LogP contribution in [-0.2, 0) is 4.79 Å². The minimum Gasteiger partial charge on any atom is -0.478 e. The summed E-state index contributed by atoms with van der Waals surface area (Å²) in [4.78, 5) is 20.2. The summed E-state index contributed by atoms with van der Waals surface area (Å²) in [7, 11) is 0. The summed E-state index contributed by atoms with van der Waals surface area (Å²) in [5.74, 6) is -1.14. The minimum atomic E-state index is -1.11. The number of hydrogen-bond acceptors (Lipinski definition) is 5. The molecule has 0 saturated heterocycles. The molecule has 2 heterocycles. The predicted molar refractivity (Wildman–Crippen MR) is 86.3 cm³/mol. The first-order chi connectivity index (χ1) is 11.0. The van der Waals surface area contributed by atoms with Gasteiger partial charge in [0.25, 0.3) is 0 Å². The van der Waals surface area contributed by atoms with Crippen LogP contribution >= 0.6 is 22.9 Å². The molecule has 1 aromatic carbocycles. The number of carboxylic acids is 1. The number of amidine groups is 1. The zero-order valence-corrected chi connectivity index (χ0v) is 13.5. The first-order valence-corrected chi connectivity index (χ1v) is 7.92. The topological polar surface area (TPSA) is 74.6 Å². The summed E-state index contributed by atoms with van der Waals surface area (Å²) in [6, 6.07) is 2.99. The molecule has 0 saturated carbocycles. The highest BCUT2D eigenvalue weighted by atomic mass is 35.5. The average molecular weight is 352 g/mol. The van der Waals surface area contributed by atoms with Crippen LogP contribution in [0.3, 0.4) is 0 Å². The van der Waals surface area contributed by atoms with Gasteiger partial charge < -0.3 is 10.4 Å². The van der Waals surface area contributed by atoms with Crippen molar-refractivity contribution >= 4 is 34.7 Å². The van der Waals surface area contributed by atoms with E-state index in [1.807, 2.05) is 0 Å². The molecule has 0 aliphatic carbocycles. The number of aromatic nitrogens is 1. The molecule has 1 aliphatic heterocycles. The molecule has 0 amide bonds. The van der Waals surface area contributed by atoms with E-state index in [9.17, 15) is 14.3 Å². The van der Waals surface area contributed by atoms with Crippen molar-refractivity contribution in [2.75, 3.05) is 0 Å². The number of hydrogen-bond donors (Lipinski definition) is 2. The molecule has 1 unspecified atom stereocenters. The van der Waals surface area contributed by atoms with E-state index in [4.69, 9.17) is 11.6 Å². The van der Waals surface area contributed by atoms with Crippen molar-refractivity contribution in [2.45, 2.75) is 13.0 Å². The van der Waals surface area contributed by atoms with Gasteiger partial charge in [0.15, 0.2) is 5.84 Å². The van der Waals surface area contributed by atoms with Crippen molar-refractivity contribution in [3.05, 3.63) is 62.5 Å². The molecule has 8 heteroatoms. The lowest BCUT2D eigenvalue weighted by Gasteiger charge is -2.25. The summed E-state index contributed by atoms with van der Waals surface area (Å²) in [6.45, 7) is 1.65. The van der Waals surface area contributed by atoms with Gasteiger partial charge in [0.1, 0.15) is 17.6 Å². The molecule has 5 nitrogen and oxygen atoms in total. The minimum absolute atomic E-state index is 0.0671. The van der Waals surface area contributed by atoms with Crippen LogP contribution in [0.4, 0.5) is 4.39 Å². The van der Waals surface area contributed by atoms with Crippen molar-refractivity contribution in [1.29, 1.82) is 0 Å². The quantitative estimate of drug-likeness (QED) is 0.889. The first-order valence-electron chi connectivity index (χ1n) is 6.59. The number of halogens is 2. The Morgan fingerprint density at radius 2 is 2.26 bits per heavy atom. The second-order valence-corrected chi connectivity index (χ2v) is 6.01. The van der Waals surface area contributed by atoms with E-state index < -0.39 is 17.8 Å². The van der Waals surface area contributed by atoms with Crippen molar-refractivity contribution in [3.8, 4) is 0 Å². The molecule has 1 atom stereocenters. The number of thiazole rings is 1. The average Bonchev–Trinajstić information content (AvgIpc) is 3.00. The summed E-state index contributed by atoms with van der Waals surface area (Å²) in [6.07, 6.45) is 0. The van der Waals surface area contributed by atoms with Crippen LogP contribution in [0.1, 0.15) is 24.2 Å². The molecule has 0 fully saturated rings. The van der Waals surface area contributed by atoms with Gasteiger partial charge in [-0.15, -0.1) is 11.3 Å². The lowest BCUT2D eigenvalue weighted by atomic mass is 9.96. The van der Waals surface area contributed by atoms with Crippen LogP contribution in [0.25, 0.3) is 0 Å². The molecule has 2 N–H and O–H groups in total. The summed E-state index contributed by atoms with van der Waals surface area (Å²) < 4.78 is 13.3. The smallest absolute Gasteiger partial charge is 0.335 e. The van der Waals surface area contributed by atoms with Gasteiger partial charge in [0.2, 0.25) is 0 Å². The maximum absolute atomic E-state index is 13.3. The zero-order chi connectivity index (χ0) is 16.6. The van der Waals surface area contributed by atoms with Gasteiger partial charge >= 0.3 is 5.97 Å². The van der Waals surface area contributed by atoms with Crippen LogP contribution < -0.4 is 5.32 Å². The molecule has 0 bridgehead atoms. The van der Waals surface area contributed by atoms with Crippen LogP contribution in [0.2, 0.25) is 5.02 Å². The molecule has 118 valence electrons. The lowest BCUT2D eigenvalue weighted by Crippen LogP contribution is -2.32. The third kappa shape index (κ3) is 2.97. The van der Waals surface area contributed by atoms with E-state index in [-0.39, 0.29) is 10.6 Å². The number of rotatable bonds is 3. The molecule has 2 aromatic rings. The van der Waals surface area contributed by atoms with Crippen molar-refractivity contribution in [1.82, 2.24) is 10.3 Å². The maximum Gasteiger partial charge on any atom is 0.335 e. The number of benzene rings is 1. The van der Waals surface area contributed by atoms with E-state index in [0.29, 0.717) is 22.8 Å². The van der Waals surface area contributed by atoms with E-state index in [0.717, 1.165) is 6.07 Å². The van der Waals surface area contributed by atoms with Gasteiger partial charge in [-0.3, -0.25) is 4.99 Å². The molecule has 3 rings (SSSR count). The van der Waals surface area contributed by atoms with Gasteiger partial charge in [0, 0.05) is 21.7 Å². The Labute approximate surface area is 140 Å². The van der Waals surface area contributed by atoms with Gasteiger partial charge in [-0.25, -0.2) is 14.2 Å². The Hall–Kier alpha value is -2.25. The van der Waals surface area contributed by atoms with Crippen molar-refractivity contribution in [2.24, 2.45) is 4.99 Å². The third-order valence-corrected chi connectivity index (χ3v) is 4.32. The highest BCUT2D eigenvalue weighted by Gasteiger charge is 2.31. The normalized spacial score (nSPS) is 17.7. The van der Waals surface area contributed by atoms with E-state index in [2.05, 4.69) is 15.3 Å². The highest BCUT2D eigenvalue weighted by molar-refractivity contribution is 7.07. The Morgan fingerprint density at radius 1 is 1.48 bits per heavy atom. The van der Waals surface area contributed by atoms with E-state index >= 15 is 0 Å². The predicted octanol–water partition coefficient (Wildman–Crippen LogP) is 3.39. The number of nitrogens with zero attached hydrogens (tertiary/aromatic N) is 2. The number of nitrogens with one attached hydrogen (secondary N) is 1. The Morgan fingerprint density at radius 3 is 2.87 bits per heavy atom. The second-order valence-electron chi connectivity index (χ2n) is 4.89. The fourth-order valence-corrected chi connectivity index (χ4v) is 3.17. The van der Waals surface area contributed by atoms with Crippen molar-refractivity contribution < 1.29 is 14.3 Å². The third-order valence-electron chi connectivity index (χ3n) is 3.40. The van der Waals surface area contributed by atoms with Gasteiger partial charge in [-0.05, 0) is 19.1 Å².